The van der Waals surface area contributed by atoms with Gasteiger partial charge in [0.05, 0.1) is 18.5 Å². The van der Waals surface area contributed by atoms with Crippen LogP contribution in [-0.4, -0.2) is 44.5 Å². The fourth-order valence-electron chi connectivity index (χ4n) is 4.12. The van der Waals surface area contributed by atoms with Gasteiger partial charge < -0.3 is 9.84 Å². The number of rotatable bonds is 7. The van der Waals surface area contributed by atoms with Gasteiger partial charge in [-0.3, -0.25) is 9.58 Å². The Labute approximate surface area is 188 Å². The first-order chi connectivity index (χ1) is 14.9. The summed E-state index contributed by atoms with van der Waals surface area (Å²) < 4.78 is 7.77. The third-order valence-corrected chi connectivity index (χ3v) is 7.68. The highest BCUT2D eigenvalue weighted by Gasteiger charge is 2.35. The van der Waals surface area contributed by atoms with Crippen molar-refractivity contribution in [3.63, 3.8) is 0 Å². The normalized spacial score (nSPS) is 20.0. The monoisotopic (exact) mass is 440 g/mol. The van der Waals surface area contributed by atoms with E-state index in [-0.39, 0.29) is 0 Å². The summed E-state index contributed by atoms with van der Waals surface area (Å²) in [5.41, 5.74) is 2.64. The highest BCUT2D eigenvalue weighted by molar-refractivity contribution is 7.11. The lowest BCUT2D eigenvalue weighted by molar-refractivity contribution is 0.0207. The van der Waals surface area contributed by atoms with Gasteiger partial charge in [0.15, 0.2) is 0 Å². The van der Waals surface area contributed by atoms with Crippen molar-refractivity contribution in [2.45, 2.75) is 51.7 Å². The number of aryl methyl sites for hydroxylation is 2. The molecule has 2 aromatic heterocycles. The Balaban J connectivity index is 1.37. The van der Waals surface area contributed by atoms with Crippen molar-refractivity contribution < 1.29 is 9.84 Å². The second kappa shape index (κ2) is 9.51. The Morgan fingerprint density at radius 2 is 1.97 bits per heavy atom. The van der Waals surface area contributed by atoms with Gasteiger partial charge in [-0.05, 0) is 51.8 Å². The molecule has 0 bridgehead atoms. The van der Waals surface area contributed by atoms with E-state index < -0.39 is 5.60 Å². The van der Waals surface area contributed by atoms with Gasteiger partial charge in [0.1, 0.15) is 16.4 Å². The zero-order valence-corrected chi connectivity index (χ0v) is 19.5. The molecule has 1 atom stereocenters. The average molecular weight is 441 g/mol. The second-order valence-corrected chi connectivity index (χ2v) is 9.56. The van der Waals surface area contributed by atoms with E-state index in [1.807, 2.05) is 55.2 Å². The lowest BCUT2D eigenvalue weighted by Gasteiger charge is -2.24. The predicted molar refractivity (Wildman–Crippen MR) is 123 cm³/mol. The van der Waals surface area contributed by atoms with Crippen LogP contribution in [-0.2, 0) is 25.6 Å². The molecule has 0 amide bonds. The van der Waals surface area contributed by atoms with Crippen LogP contribution in [0, 0.1) is 13.8 Å². The van der Waals surface area contributed by atoms with E-state index in [0.717, 1.165) is 55.3 Å². The molecule has 31 heavy (non-hydrogen) atoms. The van der Waals surface area contributed by atoms with Gasteiger partial charge in [0.2, 0.25) is 0 Å². The third kappa shape index (κ3) is 5.17. The molecular formula is C24H32N4O2S. The van der Waals surface area contributed by atoms with Crippen LogP contribution in [0.3, 0.4) is 0 Å². The van der Waals surface area contributed by atoms with Crippen LogP contribution in [0.2, 0.25) is 0 Å². The molecule has 0 aliphatic carbocycles. The first-order valence-corrected chi connectivity index (χ1v) is 11.8. The topological polar surface area (TPSA) is 63.4 Å². The zero-order chi connectivity index (χ0) is 21.8. The van der Waals surface area contributed by atoms with Gasteiger partial charge in [-0.15, -0.1) is 11.3 Å². The second-order valence-electron chi connectivity index (χ2n) is 8.48. The Morgan fingerprint density at radius 1 is 1.16 bits per heavy atom. The van der Waals surface area contributed by atoms with E-state index in [1.54, 1.807) is 11.3 Å². The SMILES string of the molecule is Cc1nc(C2(O)CCCN(Cc3cnn(C)c3C)CC2)sc1CCOc1ccccc1. The molecule has 1 fully saturated rings. The van der Waals surface area contributed by atoms with Crippen molar-refractivity contribution >= 4 is 11.3 Å². The molecule has 1 aromatic carbocycles. The summed E-state index contributed by atoms with van der Waals surface area (Å²) in [5, 5.41) is 16.7. The molecule has 0 saturated carbocycles. The van der Waals surface area contributed by atoms with Crippen molar-refractivity contribution in [2.75, 3.05) is 19.7 Å². The van der Waals surface area contributed by atoms with Gasteiger partial charge in [-0.25, -0.2) is 4.98 Å². The maximum absolute atomic E-state index is 11.5. The molecule has 7 heteroatoms. The van der Waals surface area contributed by atoms with Crippen molar-refractivity contribution in [3.05, 3.63) is 63.4 Å². The van der Waals surface area contributed by atoms with Gasteiger partial charge >= 0.3 is 0 Å². The standard InChI is InChI=1S/C24H32N4O2S/c1-18-22(10-15-30-21-8-5-4-6-9-21)31-23(26-18)24(29)11-7-13-28(14-12-24)17-20-16-25-27(3)19(20)2/h4-6,8-9,16,29H,7,10-15,17H2,1-3H3. The molecule has 3 heterocycles. The highest BCUT2D eigenvalue weighted by atomic mass is 32.1. The maximum atomic E-state index is 11.5. The van der Waals surface area contributed by atoms with Crippen LogP contribution in [0.4, 0.5) is 0 Å². The fraction of sp³-hybridized carbons (Fsp3) is 0.500. The van der Waals surface area contributed by atoms with Crippen LogP contribution < -0.4 is 4.74 Å². The Hall–Kier alpha value is -2.22. The smallest absolute Gasteiger partial charge is 0.125 e. The van der Waals surface area contributed by atoms with Crippen LogP contribution in [0.5, 0.6) is 5.75 Å². The first-order valence-electron chi connectivity index (χ1n) is 11.0. The van der Waals surface area contributed by atoms with Crippen LogP contribution >= 0.6 is 11.3 Å². The zero-order valence-electron chi connectivity index (χ0n) is 18.7. The minimum Gasteiger partial charge on any atom is -0.493 e. The molecule has 1 unspecified atom stereocenters. The molecule has 1 saturated heterocycles. The molecule has 6 nitrogen and oxygen atoms in total. The lowest BCUT2D eigenvalue weighted by Crippen LogP contribution is -2.29. The van der Waals surface area contributed by atoms with Crippen molar-refractivity contribution in [3.8, 4) is 5.75 Å². The van der Waals surface area contributed by atoms with Crippen molar-refractivity contribution in [2.24, 2.45) is 7.05 Å². The third-order valence-electron chi connectivity index (χ3n) is 6.27. The molecule has 3 aromatic rings. The summed E-state index contributed by atoms with van der Waals surface area (Å²) in [6.45, 7) is 7.49. The predicted octanol–water partition coefficient (Wildman–Crippen LogP) is 3.99. The van der Waals surface area contributed by atoms with Gasteiger partial charge in [-0.2, -0.15) is 5.10 Å². The minimum atomic E-state index is -0.841. The molecule has 166 valence electrons. The summed E-state index contributed by atoms with van der Waals surface area (Å²) in [6, 6.07) is 9.88. The van der Waals surface area contributed by atoms with Crippen molar-refractivity contribution in [1.29, 1.82) is 0 Å². The Bertz CT molecular complexity index is 1000. The molecule has 0 spiro atoms. The number of nitrogens with zero attached hydrogens (tertiary/aromatic N) is 4. The molecule has 4 rings (SSSR count). The van der Waals surface area contributed by atoms with E-state index in [1.165, 1.54) is 16.1 Å². The van der Waals surface area contributed by atoms with Gasteiger partial charge in [0, 0.05) is 42.7 Å². The van der Waals surface area contributed by atoms with E-state index in [9.17, 15) is 5.11 Å². The fourth-order valence-corrected chi connectivity index (χ4v) is 5.31. The summed E-state index contributed by atoms with van der Waals surface area (Å²) in [4.78, 5) is 8.41. The van der Waals surface area contributed by atoms with Gasteiger partial charge in [0.25, 0.3) is 0 Å². The summed E-state index contributed by atoms with van der Waals surface area (Å²) in [6.07, 6.45) is 5.18. The molecule has 1 aliphatic rings. The average Bonchev–Trinajstić information content (AvgIpc) is 3.22. The summed E-state index contributed by atoms with van der Waals surface area (Å²) >= 11 is 1.65. The lowest BCUT2D eigenvalue weighted by atomic mass is 9.96. The van der Waals surface area contributed by atoms with Crippen LogP contribution in [0.1, 0.15) is 46.1 Å². The van der Waals surface area contributed by atoms with Crippen LogP contribution in [0.15, 0.2) is 36.5 Å². The maximum Gasteiger partial charge on any atom is 0.125 e. The van der Waals surface area contributed by atoms with E-state index in [4.69, 9.17) is 9.72 Å². The Morgan fingerprint density at radius 3 is 2.71 bits per heavy atom. The van der Waals surface area contributed by atoms with E-state index >= 15 is 0 Å². The number of aromatic nitrogens is 3. The highest BCUT2D eigenvalue weighted by Crippen LogP contribution is 2.37. The van der Waals surface area contributed by atoms with Gasteiger partial charge in [-0.1, -0.05) is 18.2 Å². The minimum absolute atomic E-state index is 0.614. The number of ether oxygens (including phenoxy) is 1. The molecule has 1 N–H and O–H groups in total. The number of likely N-dealkylation sites (tertiary alicyclic amines) is 1. The molecule has 0 radical (unpaired) electrons. The number of hydrogen-bond acceptors (Lipinski definition) is 6. The largest absolute Gasteiger partial charge is 0.493 e. The number of benzene rings is 1. The summed E-state index contributed by atoms with van der Waals surface area (Å²) in [7, 11) is 1.98. The first kappa shape index (κ1) is 22.0. The van der Waals surface area contributed by atoms with Crippen LogP contribution in [0.25, 0.3) is 0 Å². The van der Waals surface area contributed by atoms with E-state index in [2.05, 4.69) is 16.9 Å². The number of para-hydroxylation sites is 1. The van der Waals surface area contributed by atoms with Crippen molar-refractivity contribution in [1.82, 2.24) is 19.7 Å². The Kier molecular flexibility index (Phi) is 6.74. The number of thiazole rings is 1. The summed E-state index contributed by atoms with van der Waals surface area (Å²) in [5.74, 6) is 0.885. The number of hydrogen-bond donors (Lipinski definition) is 1. The quantitative estimate of drug-likeness (QED) is 0.602. The number of aliphatic hydroxyl groups is 1. The molecule has 1 aliphatic heterocycles. The molecular weight excluding hydrogens is 408 g/mol. The van der Waals surface area contributed by atoms with E-state index in [0.29, 0.717) is 13.0 Å².